The second kappa shape index (κ2) is 67.9. The molecule has 0 aliphatic carbocycles. The van der Waals surface area contributed by atoms with Gasteiger partial charge in [-0.1, -0.05) is 343 Å². The number of rotatable bonds is 75. The van der Waals surface area contributed by atoms with E-state index in [2.05, 4.69) is 41.5 Å². The van der Waals surface area contributed by atoms with Crippen LogP contribution in [0.1, 0.15) is 395 Å². The first-order valence-electron chi connectivity index (χ1n) is 39.5. The summed E-state index contributed by atoms with van der Waals surface area (Å²) in [5, 5.41) is 10.6. The van der Waals surface area contributed by atoms with Gasteiger partial charge in [0.1, 0.15) is 19.3 Å². The van der Waals surface area contributed by atoms with Crippen LogP contribution in [-0.4, -0.2) is 96.7 Å². The Labute approximate surface area is 581 Å². The predicted molar refractivity (Wildman–Crippen MR) is 386 cm³/mol. The molecule has 0 fully saturated rings. The highest BCUT2D eigenvalue weighted by Gasteiger charge is 2.30. The van der Waals surface area contributed by atoms with Crippen molar-refractivity contribution in [1.29, 1.82) is 0 Å². The molecule has 0 aliphatic rings. The fraction of sp³-hybridized carbons (Fsp3) is 0.947. The molecule has 0 aromatic heterocycles. The van der Waals surface area contributed by atoms with E-state index in [9.17, 15) is 43.2 Å². The Morgan fingerprint density at radius 2 is 0.484 bits per heavy atom. The molecule has 0 amide bonds. The van der Waals surface area contributed by atoms with Crippen molar-refractivity contribution in [2.75, 3.05) is 39.6 Å². The number of aliphatic hydroxyl groups excluding tert-OH is 1. The molecule has 0 radical (unpaired) electrons. The summed E-state index contributed by atoms with van der Waals surface area (Å²) in [4.78, 5) is 72.7. The Hall–Kier alpha value is -1.94. The van der Waals surface area contributed by atoms with Gasteiger partial charge in [-0.2, -0.15) is 0 Å². The van der Waals surface area contributed by atoms with E-state index >= 15 is 0 Å². The minimum absolute atomic E-state index is 0.103. The fourth-order valence-corrected chi connectivity index (χ4v) is 13.2. The molecule has 17 nitrogen and oxygen atoms in total. The zero-order chi connectivity index (χ0) is 70.0. The lowest BCUT2D eigenvalue weighted by Gasteiger charge is -2.21. The van der Waals surface area contributed by atoms with Crippen LogP contribution in [0, 0.1) is 11.8 Å². The molecule has 0 saturated carbocycles. The van der Waals surface area contributed by atoms with Gasteiger partial charge < -0.3 is 33.8 Å². The van der Waals surface area contributed by atoms with Gasteiger partial charge in [-0.05, 0) is 37.5 Å². The fourth-order valence-electron chi connectivity index (χ4n) is 11.7. The van der Waals surface area contributed by atoms with Gasteiger partial charge in [-0.15, -0.1) is 0 Å². The van der Waals surface area contributed by atoms with Crippen molar-refractivity contribution in [2.24, 2.45) is 11.8 Å². The summed E-state index contributed by atoms with van der Waals surface area (Å²) in [6.45, 7) is 9.44. The highest BCUT2D eigenvalue weighted by molar-refractivity contribution is 7.47. The molecule has 3 N–H and O–H groups in total. The molecule has 5 atom stereocenters. The van der Waals surface area contributed by atoms with Gasteiger partial charge >= 0.3 is 39.5 Å². The van der Waals surface area contributed by atoms with E-state index in [1.165, 1.54) is 205 Å². The molecule has 0 aromatic carbocycles. The highest BCUT2D eigenvalue weighted by atomic mass is 31.2. The first-order chi connectivity index (χ1) is 45.9. The van der Waals surface area contributed by atoms with Crippen molar-refractivity contribution in [3.05, 3.63) is 0 Å². The Kier molecular flexibility index (Phi) is 66.5. The number of hydrogen-bond acceptors (Lipinski definition) is 15. The molecule has 19 heteroatoms. The molecule has 0 saturated heterocycles. The zero-order valence-corrected chi connectivity index (χ0v) is 63.8. The third kappa shape index (κ3) is 70.3. The number of carbonyl (C=O) groups excluding carboxylic acids is 4. The minimum Gasteiger partial charge on any atom is -0.462 e. The van der Waals surface area contributed by atoms with Crippen LogP contribution in [-0.2, 0) is 65.4 Å². The number of ether oxygens (including phenoxy) is 4. The molecule has 0 rings (SSSR count). The summed E-state index contributed by atoms with van der Waals surface area (Å²) in [6.07, 6.45) is 55.9. The van der Waals surface area contributed by atoms with E-state index < -0.39 is 97.5 Å². The number of carbonyl (C=O) groups is 4. The Morgan fingerprint density at radius 1 is 0.284 bits per heavy atom. The maximum atomic E-state index is 13.1. The summed E-state index contributed by atoms with van der Waals surface area (Å²) in [5.41, 5.74) is 0. The number of phosphoric ester groups is 2. The maximum absolute atomic E-state index is 13.1. The largest absolute Gasteiger partial charge is 0.472 e. The van der Waals surface area contributed by atoms with Gasteiger partial charge in [-0.25, -0.2) is 9.13 Å². The lowest BCUT2D eigenvalue weighted by Crippen LogP contribution is -2.30. The van der Waals surface area contributed by atoms with Gasteiger partial charge in [0.2, 0.25) is 0 Å². The van der Waals surface area contributed by atoms with Crippen LogP contribution in [0.15, 0.2) is 0 Å². The second-order valence-corrected chi connectivity index (χ2v) is 31.3. The predicted octanol–water partition coefficient (Wildman–Crippen LogP) is 22.3. The third-order valence-corrected chi connectivity index (χ3v) is 19.6. The van der Waals surface area contributed by atoms with E-state index in [1.54, 1.807) is 0 Å². The minimum atomic E-state index is -4.96. The number of hydrogen-bond donors (Lipinski definition) is 3. The van der Waals surface area contributed by atoms with Gasteiger partial charge in [0.15, 0.2) is 12.2 Å². The van der Waals surface area contributed by atoms with Crippen LogP contribution in [0.5, 0.6) is 0 Å². The molecule has 2 unspecified atom stereocenters. The van der Waals surface area contributed by atoms with E-state index in [0.717, 1.165) is 96.3 Å². The molecule has 0 spiro atoms. The topological polar surface area (TPSA) is 237 Å². The highest BCUT2D eigenvalue weighted by Crippen LogP contribution is 2.45. The Balaban J connectivity index is 5.19. The van der Waals surface area contributed by atoms with E-state index in [1.807, 2.05) is 0 Å². The van der Waals surface area contributed by atoms with Gasteiger partial charge in [0, 0.05) is 25.7 Å². The average Bonchev–Trinajstić information content (AvgIpc) is 3.69. The first-order valence-corrected chi connectivity index (χ1v) is 42.5. The van der Waals surface area contributed by atoms with Crippen molar-refractivity contribution >= 4 is 39.5 Å². The molecule has 95 heavy (non-hydrogen) atoms. The second-order valence-electron chi connectivity index (χ2n) is 28.3. The molecule has 0 bridgehead atoms. The zero-order valence-electron chi connectivity index (χ0n) is 62.0. The van der Waals surface area contributed by atoms with Crippen LogP contribution < -0.4 is 0 Å². The standard InChI is InChI=1S/C76H148O17P2/c1-7-9-11-13-15-17-19-21-23-25-26-27-28-30-32-34-36-40-48-54-60-75(80)92-71(64-86-73(78)58-52-46-39-35-33-31-29-24-22-20-18-16-14-12-10-8-2)66-90-94(82,83)88-62-70(77)63-89-95(84,85)91-67-72(65-87-74(79)59-53-47-43-42-45-51-57-69(5)6)93-76(81)61-55-49-41-37-38-44-50-56-68(3)4/h68-72,77H,7-67H2,1-6H3,(H,82,83)(H,84,85)/t70-,71-,72-/m1/s1. The van der Waals surface area contributed by atoms with Crippen LogP contribution in [0.25, 0.3) is 0 Å². The van der Waals surface area contributed by atoms with Crippen molar-refractivity contribution in [3.63, 3.8) is 0 Å². The summed E-state index contributed by atoms with van der Waals surface area (Å²) in [6, 6.07) is 0. The average molecular weight is 1400 g/mol. The third-order valence-electron chi connectivity index (χ3n) is 17.7. The normalized spacial score (nSPS) is 14.0. The molecule has 0 aliphatic heterocycles. The lowest BCUT2D eigenvalue weighted by molar-refractivity contribution is -0.161. The molecular weight excluding hydrogens is 1250 g/mol. The van der Waals surface area contributed by atoms with Crippen molar-refractivity contribution in [1.82, 2.24) is 0 Å². The summed E-state index contributed by atoms with van der Waals surface area (Å²) in [7, 11) is -9.91. The van der Waals surface area contributed by atoms with Crippen molar-refractivity contribution < 1.29 is 80.2 Å². The summed E-state index contributed by atoms with van der Waals surface area (Å²) >= 11 is 0. The maximum Gasteiger partial charge on any atom is 0.472 e. The lowest BCUT2D eigenvalue weighted by atomic mass is 10.0. The number of aliphatic hydroxyl groups is 1. The molecule has 0 aromatic rings. The number of unbranched alkanes of at least 4 members (excludes halogenated alkanes) is 45. The van der Waals surface area contributed by atoms with Crippen molar-refractivity contribution in [2.45, 2.75) is 413 Å². The quantitative estimate of drug-likeness (QED) is 0.0222. The van der Waals surface area contributed by atoms with E-state index in [0.29, 0.717) is 37.5 Å². The summed E-state index contributed by atoms with van der Waals surface area (Å²) < 4.78 is 68.4. The van der Waals surface area contributed by atoms with Gasteiger partial charge in [0.05, 0.1) is 26.4 Å². The van der Waals surface area contributed by atoms with Crippen LogP contribution >= 0.6 is 15.6 Å². The molecular formula is C76H148O17P2. The Morgan fingerprint density at radius 3 is 0.716 bits per heavy atom. The first kappa shape index (κ1) is 93.1. The van der Waals surface area contributed by atoms with Gasteiger partial charge in [-0.3, -0.25) is 37.3 Å². The Bertz CT molecular complexity index is 1840. The number of esters is 4. The number of phosphoric acid groups is 2. The van der Waals surface area contributed by atoms with Crippen LogP contribution in [0.2, 0.25) is 0 Å². The smallest absolute Gasteiger partial charge is 0.462 e. The molecule has 0 heterocycles. The van der Waals surface area contributed by atoms with Crippen LogP contribution in [0.3, 0.4) is 0 Å². The van der Waals surface area contributed by atoms with E-state index in [-0.39, 0.29) is 25.7 Å². The van der Waals surface area contributed by atoms with Crippen LogP contribution in [0.4, 0.5) is 0 Å². The van der Waals surface area contributed by atoms with Gasteiger partial charge in [0.25, 0.3) is 0 Å². The SMILES string of the molecule is CCCCCCCCCCCCCCCCCCCCCCC(=O)O[C@H](COC(=O)CCCCCCCCCCCCCCCCCC)COP(=O)(O)OC[C@@H](O)COP(=O)(O)OC[C@@H](COC(=O)CCCCCCCCC(C)C)OC(=O)CCCCCCCCCC(C)C. The van der Waals surface area contributed by atoms with E-state index in [4.69, 9.17) is 37.0 Å². The molecule has 564 valence electrons. The monoisotopic (exact) mass is 1400 g/mol. The summed E-state index contributed by atoms with van der Waals surface area (Å²) in [5.74, 6) is -0.746. The van der Waals surface area contributed by atoms with Crippen molar-refractivity contribution in [3.8, 4) is 0 Å².